The van der Waals surface area contributed by atoms with Crippen LogP contribution in [-0.2, 0) is 9.47 Å². The molecule has 0 aromatic heterocycles. The lowest BCUT2D eigenvalue weighted by molar-refractivity contribution is 0.0127. The molecule has 1 saturated heterocycles. The third-order valence-corrected chi connectivity index (χ3v) is 2.96. The average molecular weight is 202 g/mol. The molecule has 4 nitrogen and oxygen atoms in total. The van der Waals surface area contributed by atoms with E-state index in [4.69, 9.17) is 15.2 Å². The van der Waals surface area contributed by atoms with Gasteiger partial charge >= 0.3 is 0 Å². The lowest BCUT2D eigenvalue weighted by atomic mass is 10.1. The second-order valence-corrected chi connectivity index (χ2v) is 3.82. The molecule has 1 unspecified atom stereocenters. The van der Waals surface area contributed by atoms with Gasteiger partial charge in [0.15, 0.2) is 0 Å². The number of ether oxygens (including phenoxy) is 2. The van der Waals surface area contributed by atoms with E-state index in [-0.39, 0.29) is 0 Å². The highest BCUT2D eigenvalue weighted by Gasteiger charge is 2.23. The maximum Gasteiger partial charge on any atom is 0.0630 e. The lowest BCUT2D eigenvalue weighted by Crippen LogP contribution is -2.48. The number of piperidine rings is 1. The van der Waals surface area contributed by atoms with Gasteiger partial charge in [0.25, 0.3) is 0 Å². The van der Waals surface area contributed by atoms with E-state index in [1.807, 2.05) is 0 Å². The minimum Gasteiger partial charge on any atom is -0.383 e. The molecule has 84 valence electrons. The van der Waals surface area contributed by atoms with Crippen LogP contribution in [0.25, 0.3) is 0 Å². The van der Waals surface area contributed by atoms with E-state index >= 15 is 0 Å². The van der Waals surface area contributed by atoms with Crippen molar-refractivity contribution in [1.82, 2.24) is 4.90 Å². The van der Waals surface area contributed by atoms with E-state index in [2.05, 4.69) is 4.90 Å². The van der Waals surface area contributed by atoms with Crippen LogP contribution in [0.3, 0.4) is 0 Å². The number of nitrogens with zero attached hydrogens (tertiary/aromatic N) is 1. The summed E-state index contributed by atoms with van der Waals surface area (Å²) < 4.78 is 10.5. The molecule has 0 saturated carbocycles. The molecule has 1 aliphatic rings. The molecule has 0 aromatic rings. The summed E-state index contributed by atoms with van der Waals surface area (Å²) in [7, 11) is 3.51. The van der Waals surface area contributed by atoms with E-state index in [0.29, 0.717) is 18.7 Å². The monoisotopic (exact) mass is 202 g/mol. The standard InChI is InChI=1S/C10H22N2O2/c1-13-8-9(7-11)12-5-3-10(14-2)4-6-12/h9-10H,3-8,11H2,1-2H3. The van der Waals surface area contributed by atoms with Crippen molar-refractivity contribution in [3.05, 3.63) is 0 Å². The van der Waals surface area contributed by atoms with Gasteiger partial charge in [0.1, 0.15) is 0 Å². The molecule has 1 atom stereocenters. The fraction of sp³-hybridized carbons (Fsp3) is 1.00. The molecule has 0 amide bonds. The summed E-state index contributed by atoms with van der Waals surface area (Å²) in [6.45, 7) is 3.55. The summed E-state index contributed by atoms with van der Waals surface area (Å²) in [5.74, 6) is 0. The molecule has 1 heterocycles. The van der Waals surface area contributed by atoms with E-state index in [1.54, 1.807) is 14.2 Å². The van der Waals surface area contributed by atoms with Gasteiger partial charge in [-0.3, -0.25) is 4.90 Å². The molecular weight excluding hydrogens is 180 g/mol. The van der Waals surface area contributed by atoms with Crippen molar-refractivity contribution in [3.63, 3.8) is 0 Å². The Balaban J connectivity index is 2.31. The molecule has 0 spiro atoms. The fourth-order valence-electron chi connectivity index (χ4n) is 1.99. The van der Waals surface area contributed by atoms with Crippen LogP contribution in [0.5, 0.6) is 0 Å². The zero-order valence-electron chi connectivity index (χ0n) is 9.24. The molecule has 0 aliphatic carbocycles. The zero-order valence-corrected chi connectivity index (χ0v) is 9.24. The van der Waals surface area contributed by atoms with Crippen LogP contribution in [0.4, 0.5) is 0 Å². The first-order valence-electron chi connectivity index (χ1n) is 5.27. The van der Waals surface area contributed by atoms with Crippen molar-refractivity contribution in [2.45, 2.75) is 25.0 Å². The average Bonchev–Trinajstić information content (AvgIpc) is 2.26. The lowest BCUT2D eigenvalue weighted by Gasteiger charge is -2.36. The van der Waals surface area contributed by atoms with E-state index in [0.717, 1.165) is 32.5 Å². The topological polar surface area (TPSA) is 47.7 Å². The van der Waals surface area contributed by atoms with Gasteiger partial charge in [0.05, 0.1) is 12.7 Å². The van der Waals surface area contributed by atoms with Gasteiger partial charge in [-0.2, -0.15) is 0 Å². The Kier molecular flexibility index (Phi) is 5.40. The number of methoxy groups -OCH3 is 2. The van der Waals surface area contributed by atoms with Crippen LogP contribution in [0, 0.1) is 0 Å². The van der Waals surface area contributed by atoms with E-state index < -0.39 is 0 Å². The number of likely N-dealkylation sites (tertiary alicyclic amines) is 1. The smallest absolute Gasteiger partial charge is 0.0630 e. The van der Waals surface area contributed by atoms with Gasteiger partial charge in [0, 0.05) is 39.9 Å². The third-order valence-electron chi connectivity index (χ3n) is 2.96. The largest absolute Gasteiger partial charge is 0.383 e. The molecule has 0 aromatic carbocycles. The zero-order chi connectivity index (χ0) is 10.4. The van der Waals surface area contributed by atoms with Gasteiger partial charge in [-0.1, -0.05) is 0 Å². The van der Waals surface area contributed by atoms with Gasteiger partial charge in [-0.15, -0.1) is 0 Å². The molecular formula is C10H22N2O2. The maximum atomic E-state index is 5.70. The Morgan fingerprint density at radius 2 is 2.00 bits per heavy atom. The predicted octanol–water partition coefficient (Wildman–Crippen LogP) is 0.0709. The van der Waals surface area contributed by atoms with Crippen molar-refractivity contribution >= 4 is 0 Å². The molecule has 2 N–H and O–H groups in total. The third kappa shape index (κ3) is 3.20. The Hall–Kier alpha value is -0.160. The van der Waals surface area contributed by atoms with Crippen LogP contribution in [0.2, 0.25) is 0 Å². The highest BCUT2D eigenvalue weighted by atomic mass is 16.5. The summed E-state index contributed by atoms with van der Waals surface area (Å²) in [5.41, 5.74) is 5.70. The van der Waals surface area contributed by atoms with Crippen molar-refractivity contribution in [1.29, 1.82) is 0 Å². The maximum absolute atomic E-state index is 5.70. The molecule has 14 heavy (non-hydrogen) atoms. The van der Waals surface area contributed by atoms with Gasteiger partial charge in [-0.05, 0) is 12.8 Å². The second-order valence-electron chi connectivity index (χ2n) is 3.82. The molecule has 0 radical (unpaired) electrons. The van der Waals surface area contributed by atoms with Crippen LogP contribution < -0.4 is 5.73 Å². The summed E-state index contributed by atoms with van der Waals surface area (Å²) in [5, 5.41) is 0. The Morgan fingerprint density at radius 3 is 2.43 bits per heavy atom. The summed E-state index contributed by atoms with van der Waals surface area (Å²) in [4.78, 5) is 2.40. The molecule has 0 bridgehead atoms. The first-order valence-corrected chi connectivity index (χ1v) is 5.27. The van der Waals surface area contributed by atoms with Gasteiger partial charge in [0.2, 0.25) is 0 Å². The van der Waals surface area contributed by atoms with Crippen molar-refractivity contribution < 1.29 is 9.47 Å². The van der Waals surface area contributed by atoms with Crippen LogP contribution >= 0.6 is 0 Å². The predicted molar refractivity (Wildman–Crippen MR) is 56.3 cm³/mol. The quantitative estimate of drug-likeness (QED) is 0.685. The number of rotatable bonds is 5. The second kappa shape index (κ2) is 6.35. The Morgan fingerprint density at radius 1 is 1.36 bits per heavy atom. The van der Waals surface area contributed by atoms with Crippen molar-refractivity contribution in [2.75, 3.05) is 40.5 Å². The van der Waals surface area contributed by atoms with Crippen LogP contribution in [-0.4, -0.2) is 57.5 Å². The summed E-state index contributed by atoms with van der Waals surface area (Å²) >= 11 is 0. The molecule has 1 rings (SSSR count). The SMILES string of the molecule is COCC(CN)N1CCC(OC)CC1. The van der Waals surface area contributed by atoms with Crippen molar-refractivity contribution in [2.24, 2.45) is 5.73 Å². The number of nitrogens with two attached hydrogens (primary N) is 1. The summed E-state index contributed by atoms with van der Waals surface area (Å²) in [6.07, 6.45) is 2.65. The highest BCUT2D eigenvalue weighted by Crippen LogP contribution is 2.14. The van der Waals surface area contributed by atoms with Crippen LogP contribution in [0.15, 0.2) is 0 Å². The normalized spacial score (nSPS) is 22.5. The molecule has 4 heteroatoms. The van der Waals surface area contributed by atoms with E-state index in [9.17, 15) is 0 Å². The highest BCUT2D eigenvalue weighted by molar-refractivity contribution is 4.79. The van der Waals surface area contributed by atoms with Crippen LogP contribution in [0.1, 0.15) is 12.8 Å². The molecule has 1 aliphatic heterocycles. The number of hydrogen-bond donors (Lipinski definition) is 1. The van der Waals surface area contributed by atoms with Crippen molar-refractivity contribution in [3.8, 4) is 0 Å². The summed E-state index contributed by atoms with van der Waals surface area (Å²) in [6, 6.07) is 0.373. The minimum absolute atomic E-state index is 0.373. The fourth-order valence-corrected chi connectivity index (χ4v) is 1.99. The van der Waals surface area contributed by atoms with Gasteiger partial charge in [-0.25, -0.2) is 0 Å². The minimum atomic E-state index is 0.373. The first-order chi connectivity index (χ1) is 6.81. The first kappa shape index (κ1) is 11.9. The Bertz CT molecular complexity index is 147. The Labute approximate surface area is 86.3 Å². The van der Waals surface area contributed by atoms with E-state index in [1.165, 1.54) is 0 Å². The molecule has 1 fully saturated rings. The number of hydrogen-bond acceptors (Lipinski definition) is 4. The van der Waals surface area contributed by atoms with Gasteiger partial charge < -0.3 is 15.2 Å².